The quantitative estimate of drug-likeness (QED) is 0.365. The highest BCUT2D eigenvalue weighted by Gasteiger charge is 2.21. The van der Waals surface area contributed by atoms with E-state index in [0.29, 0.717) is 19.1 Å². The second kappa shape index (κ2) is 9.28. The van der Waals surface area contributed by atoms with Crippen LogP contribution in [-0.4, -0.2) is 19.7 Å². The van der Waals surface area contributed by atoms with Gasteiger partial charge in [0.05, 0.1) is 26.3 Å². The maximum absolute atomic E-state index is 6.08. The molecule has 0 spiro atoms. The molecular formula is C18H21BrIN3O2. The molecule has 0 aliphatic carbocycles. The van der Waals surface area contributed by atoms with Crippen LogP contribution in [0.5, 0.6) is 11.5 Å². The van der Waals surface area contributed by atoms with E-state index in [2.05, 4.69) is 32.3 Å². The van der Waals surface area contributed by atoms with Crippen LogP contribution >= 0.6 is 39.9 Å². The molecule has 2 aromatic rings. The Kier molecular flexibility index (Phi) is 7.37. The summed E-state index contributed by atoms with van der Waals surface area (Å²) in [6.07, 6.45) is 0.857. The number of guanidine groups is 1. The Balaban J connectivity index is 0.00000225. The zero-order valence-corrected chi connectivity index (χ0v) is 17.8. The molecule has 0 radical (unpaired) electrons. The van der Waals surface area contributed by atoms with Gasteiger partial charge in [-0.15, -0.1) is 24.0 Å². The van der Waals surface area contributed by atoms with Crippen molar-refractivity contribution < 1.29 is 9.47 Å². The third-order valence-electron chi connectivity index (χ3n) is 3.95. The number of methoxy groups -OCH3 is 1. The number of fused-ring (bicyclic) bond motifs is 1. The molecule has 3 rings (SSSR count). The second-order valence-electron chi connectivity index (χ2n) is 5.53. The Bertz CT molecular complexity index is 755. The molecular weight excluding hydrogens is 497 g/mol. The fourth-order valence-corrected chi connectivity index (χ4v) is 3.06. The summed E-state index contributed by atoms with van der Waals surface area (Å²) in [4.78, 5) is 4.45. The molecule has 3 N–H and O–H groups in total. The fraction of sp³-hybridized carbons (Fsp3) is 0.278. The van der Waals surface area contributed by atoms with Crippen LogP contribution < -0.4 is 20.5 Å². The van der Waals surface area contributed by atoms with Crippen LogP contribution in [0.1, 0.15) is 23.6 Å². The van der Waals surface area contributed by atoms with Crippen LogP contribution in [0.3, 0.4) is 0 Å². The van der Waals surface area contributed by atoms with Crippen molar-refractivity contribution in [1.82, 2.24) is 5.32 Å². The average Bonchev–Trinajstić information content (AvgIpc) is 2.61. The zero-order chi connectivity index (χ0) is 16.9. The largest absolute Gasteiger partial charge is 0.497 e. The summed E-state index contributed by atoms with van der Waals surface area (Å²) in [5, 5.41) is 3.29. The van der Waals surface area contributed by atoms with E-state index in [-0.39, 0.29) is 30.0 Å². The van der Waals surface area contributed by atoms with Gasteiger partial charge in [0.1, 0.15) is 11.5 Å². The molecule has 0 saturated carbocycles. The molecule has 2 aromatic carbocycles. The molecule has 0 aromatic heterocycles. The number of halogens is 2. The van der Waals surface area contributed by atoms with Gasteiger partial charge >= 0.3 is 0 Å². The highest BCUT2D eigenvalue weighted by molar-refractivity contribution is 14.0. The monoisotopic (exact) mass is 517 g/mol. The number of nitrogens with two attached hydrogens (primary N) is 1. The summed E-state index contributed by atoms with van der Waals surface area (Å²) in [6.45, 7) is 1.14. The first-order valence-electron chi connectivity index (χ1n) is 7.78. The smallest absolute Gasteiger partial charge is 0.189 e. The lowest BCUT2D eigenvalue weighted by atomic mass is 10.0. The molecule has 1 unspecified atom stereocenters. The van der Waals surface area contributed by atoms with Crippen LogP contribution in [-0.2, 0) is 6.54 Å². The summed E-state index contributed by atoms with van der Waals surface area (Å²) in [5.41, 5.74) is 8.22. The van der Waals surface area contributed by atoms with Crippen LogP contribution in [0.15, 0.2) is 51.9 Å². The number of nitrogens with zero attached hydrogens (tertiary/aromatic N) is 1. The SMILES string of the molecule is COc1ccc(Br)c(CN=C(N)NC2CCOc3ccccc32)c1.I. The first-order valence-corrected chi connectivity index (χ1v) is 8.57. The number of nitrogens with one attached hydrogen (secondary N) is 1. The Morgan fingerprint density at radius 1 is 1.36 bits per heavy atom. The normalized spacial score (nSPS) is 16.2. The van der Waals surface area contributed by atoms with Crippen molar-refractivity contribution in [3.8, 4) is 11.5 Å². The van der Waals surface area contributed by atoms with Crippen molar-refractivity contribution in [2.24, 2.45) is 10.7 Å². The lowest BCUT2D eigenvalue weighted by molar-refractivity contribution is 0.262. The number of rotatable bonds is 4. The van der Waals surface area contributed by atoms with E-state index in [1.165, 1.54) is 0 Å². The molecule has 1 aliphatic rings. The Morgan fingerprint density at radius 3 is 2.96 bits per heavy atom. The van der Waals surface area contributed by atoms with Gasteiger partial charge < -0.3 is 20.5 Å². The molecule has 1 aliphatic heterocycles. The molecule has 7 heteroatoms. The van der Waals surface area contributed by atoms with Crippen molar-refractivity contribution in [2.75, 3.05) is 13.7 Å². The van der Waals surface area contributed by atoms with Gasteiger partial charge in [-0.1, -0.05) is 34.1 Å². The molecule has 0 bridgehead atoms. The maximum atomic E-state index is 6.08. The van der Waals surface area contributed by atoms with Gasteiger partial charge in [-0.3, -0.25) is 0 Å². The van der Waals surface area contributed by atoms with Gasteiger partial charge in [0.25, 0.3) is 0 Å². The molecule has 0 saturated heterocycles. The third-order valence-corrected chi connectivity index (χ3v) is 4.73. The molecule has 5 nitrogen and oxygen atoms in total. The van der Waals surface area contributed by atoms with E-state index in [4.69, 9.17) is 15.2 Å². The first kappa shape index (κ1) is 19.8. The lowest BCUT2D eigenvalue weighted by Gasteiger charge is -2.26. The lowest BCUT2D eigenvalue weighted by Crippen LogP contribution is -2.37. The van der Waals surface area contributed by atoms with E-state index in [0.717, 1.165) is 33.5 Å². The fourth-order valence-electron chi connectivity index (χ4n) is 2.69. The van der Waals surface area contributed by atoms with Crippen LogP contribution in [0, 0.1) is 0 Å². The molecule has 0 fully saturated rings. The number of hydrogen-bond acceptors (Lipinski definition) is 3. The van der Waals surface area contributed by atoms with Crippen molar-refractivity contribution >= 4 is 45.9 Å². The Morgan fingerprint density at radius 2 is 2.16 bits per heavy atom. The summed E-state index contributed by atoms with van der Waals surface area (Å²) >= 11 is 3.53. The van der Waals surface area contributed by atoms with Crippen LogP contribution in [0.2, 0.25) is 0 Å². The van der Waals surface area contributed by atoms with Crippen molar-refractivity contribution in [3.63, 3.8) is 0 Å². The number of para-hydroxylation sites is 1. The first-order chi connectivity index (χ1) is 11.7. The minimum Gasteiger partial charge on any atom is -0.497 e. The molecule has 25 heavy (non-hydrogen) atoms. The maximum Gasteiger partial charge on any atom is 0.189 e. The third kappa shape index (κ3) is 5.01. The predicted octanol–water partition coefficient (Wildman–Crippen LogP) is 4.00. The minimum atomic E-state index is 0. The summed E-state index contributed by atoms with van der Waals surface area (Å²) in [7, 11) is 1.65. The van der Waals surface area contributed by atoms with Gasteiger partial charge in [0.15, 0.2) is 5.96 Å². The van der Waals surface area contributed by atoms with Crippen molar-refractivity contribution in [2.45, 2.75) is 19.0 Å². The summed E-state index contributed by atoms with van der Waals surface area (Å²) in [5.74, 6) is 2.13. The molecule has 0 amide bonds. The topological polar surface area (TPSA) is 68.9 Å². The summed E-state index contributed by atoms with van der Waals surface area (Å²) in [6, 6.07) is 13.9. The van der Waals surface area contributed by atoms with Gasteiger partial charge in [-0.25, -0.2) is 4.99 Å². The molecule has 1 atom stereocenters. The van der Waals surface area contributed by atoms with Gasteiger partial charge in [-0.2, -0.15) is 0 Å². The predicted molar refractivity (Wildman–Crippen MR) is 114 cm³/mol. The number of benzene rings is 2. The van der Waals surface area contributed by atoms with E-state index < -0.39 is 0 Å². The van der Waals surface area contributed by atoms with Gasteiger partial charge in [0, 0.05) is 16.5 Å². The van der Waals surface area contributed by atoms with Gasteiger partial charge in [0.2, 0.25) is 0 Å². The highest BCUT2D eigenvalue weighted by atomic mass is 127. The van der Waals surface area contributed by atoms with E-state index >= 15 is 0 Å². The Hall–Kier alpha value is -1.48. The van der Waals surface area contributed by atoms with Crippen molar-refractivity contribution in [1.29, 1.82) is 0 Å². The molecule has 1 heterocycles. The van der Waals surface area contributed by atoms with Crippen LogP contribution in [0.4, 0.5) is 0 Å². The second-order valence-corrected chi connectivity index (χ2v) is 6.39. The zero-order valence-electron chi connectivity index (χ0n) is 13.9. The molecule has 134 valence electrons. The van der Waals surface area contributed by atoms with E-state index in [9.17, 15) is 0 Å². The standard InChI is InChI=1S/C18H20BrN3O2.HI/c1-23-13-6-7-15(19)12(10-13)11-21-18(20)22-16-8-9-24-17-5-3-2-4-14(16)17;/h2-7,10,16H,8-9,11H2,1H3,(H3,20,21,22);1H. The summed E-state index contributed by atoms with van der Waals surface area (Å²) < 4.78 is 11.9. The average molecular weight is 518 g/mol. The highest BCUT2D eigenvalue weighted by Crippen LogP contribution is 2.31. The van der Waals surface area contributed by atoms with Crippen molar-refractivity contribution in [3.05, 3.63) is 58.1 Å². The number of hydrogen-bond donors (Lipinski definition) is 2. The number of aliphatic imine (C=N–C) groups is 1. The minimum absolute atomic E-state index is 0. The van der Waals surface area contributed by atoms with E-state index in [1.807, 2.05) is 36.4 Å². The Labute approximate surface area is 173 Å². The van der Waals surface area contributed by atoms with Gasteiger partial charge in [-0.05, 0) is 29.8 Å². The number of ether oxygens (including phenoxy) is 2. The van der Waals surface area contributed by atoms with Crippen LogP contribution in [0.25, 0.3) is 0 Å². The van der Waals surface area contributed by atoms with E-state index in [1.54, 1.807) is 7.11 Å².